The second-order valence-electron chi connectivity index (χ2n) is 5.56. The molecule has 1 heterocycles. The summed E-state index contributed by atoms with van der Waals surface area (Å²) >= 11 is 3.26. The van der Waals surface area contributed by atoms with E-state index >= 15 is 0 Å². The number of hydrogen-bond acceptors (Lipinski definition) is 4. The lowest BCUT2D eigenvalue weighted by molar-refractivity contribution is 0.00664. The molecule has 0 unspecified atom stereocenters. The van der Waals surface area contributed by atoms with Gasteiger partial charge in [-0.2, -0.15) is 0 Å². The third-order valence-corrected chi connectivity index (χ3v) is 2.90. The molecule has 4 nitrogen and oxygen atoms in total. The molecule has 1 aromatic heterocycles. The molecule has 6 heteroatoms. The van der Waals surface area contributed by atoms with Crippen LogP contribution in [-0.4, -0.2) is 16.6 Å². The zero-order valence-electron chi connectivity index (χ0n) is 12.4. The highest BCUT2D eigenvalue weighted by atomic mass is 79.9. The van der Waals surface area contributed by atoms with E-state index in [1.807, 2.05) is 0 Å². The van der Waals surface area contributed by atoms with Gasteiger partial charge in [0.25, 0.3) is 0 Å². The maximum absolute atomic E-state index is 12.9. The molecule has 2 aromatic rings. The van der Waals surface area contributed by atoms with Crippen LogP contribution in [-0.2, 0) is 4.74 Å². The maximum Gasteiger partial charge on any atom is 0.344 e. The quantitative estimate of drug-likeness (QED) is 0.735. The van der Waals surface area contributed by atoms with Crippen LogP contribution in [0.25, 0.3) is 0 Å². The molecule has 0 saturated heterocycles. The van der Waals surface area contributed by atoms with Crippen molar-refractivity contribution in [1.29, 1.82) is 0 Å². The molecule has 22 heavy (non-hydrogen) atoms. The highest BCUT2D eigenvalue weighted by molar-refractivity contribution is 9.10. The van der Waals surface area contributed by atoms with Gasteiger partial charge in [-0.05, 0) is 67.0 Å². The molecule has 0 bridgehead atoms. The summed E-state index contributed by atoms with van der Waals surface area (Å²) in [6.07, 6.45) is 1.51. The third-order valence-electron chi connectivity index (χ3n) is 2.46. The van der Waals surface area contributed by atoms with E-state index in [2.05, 4.69) is 20.9 Å². The van der Waals surface area contributed by atoms with Gasteiger partial charge in [0.15, 0.2) is 0 Å². The van der Waals surface area contributed by atoms with Crippen LogP contribution in [0.5, 0.6) is 11.6 Å². The molecule has 0 aliphatic rings. The summed E-state index contributed by atoms with van der Waals surface area (Å²) in [4.78, 5) is 16.3. The Balaban J connectivity index is 2.31. The van der Waals surface area contributed by atoms with Gasteiger partial charge in [-0.3, -0.25) is 0 Å². The number of nitrogens with zero attached hydrogens (tertiary/aromatic N) is 1. The minimum absolute atomic E-state index is 0.101. The molecule has 0 aliphatic carbocycles. The Morgan fingerprint density at radius 2 is 1.86 bits per heavy atom. The Hall–Kier alpha value is -1.95. The molecule has 0 aliphatic heterocycles. The van der Waals surface area contributed by atoms with E-state index in [9.17, 15) is 9.18 Å². The molecule has 2 rings (SSSR count). The normalized spacial score (nSPS) is 11.1. The Kier molecular flexibility index (Phi) is 4.81. The van der Waals surface area contributed by atoms with E-state index in [1.165, 1.54) is 30.5 Å². The molecule has 116 valence electrons. The van der Waals surface area contributed by atoms with Gasteiger partial charge in [0, 0.05) is 10.7 Å². The summed E-state index contributed by atoms with van der Waals surface area (Å²) in [6, 6.07) is 7.01. The van der Waals surface area contributed by atoms with Gasteiger partial charge in [0.2, 0.25) is 5.88 Å². The van der Waals surface area contributed by atoms with Gasteiger partial charge in [0.1, 0.15) is 22.7 Å². The standard InChI is InChI=1S/C16H15BrFNO3/c1-16(2,3)22-15(20)13-8-10(17)9-19-14(13)21-12-6-4-11(18)5-7-12/h4-9H,1-3H3. The average molecular weight is 368 g/mol. The molecule has 0 atom stereocenters. The van der Waals surface area contributed by atoms with Gasteiger partial charge in [-0.15, -0.1) is 0 Å². The fourth-order valence-corrected chi connectivity index (χ4v) is 1.93. The van der Waals surface area contributed by atoms with Crippen molar-refractivity contribution < 1.29 is 18.7 Å². The summed E-state index contributed by atoms with van der Waals surface area (Å²) in [7, 11) is 0. The van der Waals surface area contributed by atoms with E-state index in [0.29, 0.717) is 10.2 Å². The Morgan fingerprint density at radius 1 is 1.23 bits per heavy atom. The lowest BCUT2D eigenvalue weighted by Gasteiger charge is -2.20. The number of rotatable bonds is 3. The van der Waals surface area contributed by atoms with Crippen molar-refractivity contribution in [1.82, 2.24) is 4.98 Å². The fourth-order valence-electron chi connectivity index (χ4n) is 1.60. The predicted octanol–water partition coefficient (Wildman–Crippen LogP) is 4.73. The average Bonchev–Trinajstić information content (AvgIpc) is 2.41. The smallest absolute Gasteiger partial charge is 0.344 e. The third kappa shape index (κ3) is 4.53. The number of halogens is 2. The summed E-state index contributed by atoms with van der Waals surface area (Å²) in [5.74, 6) is -0.438. The zero-order valence-corrected chi connectivity index (χ0v) is 14.0. The molecule has 0 saturated carbocycles. The van der Waals surface area contributed by atoms with Crippen molar-refractivity contribution in [2.24, 2.45) is 0 Å². The van der Waals surface area contributed by atoms with Crippen LogP contribution in [0.4, 0.5) is 4.39 Å². The maximum atomic E-state index is 12.9. The van der Waals surface area contributed by atoms with Crippen LogP contribution < -0.4 is 4.74 Å². The van der Waals surface area contributed by atoms with Crippen molar-refractivity contribution in [3.8, 4) is 11.6 Å². The van der Waals surface area contributed by atoms with Crippen molar-refractivity contribution in [3.05, 3.63) is 52.4 Å². The number of aromatic nitrogens is 1. The van der Waals surface area contributed by atoms with Crippen molar-refractivity contribution in [2.75, 3.05) is 0 Å². The summed E-state index contributed by atoms with van der Waals surface area (Å²) in [5.41, 5.74) is -0.444. The first-order valence-corrected chi connectivity index (χ1v) is 7.36. The van der Waals surface area contributed by atoms with Crippen LogP contribution in [0.2, 0.25) is 0 Å². The van der Waals surface area contributed by atoms with E-state index in [4.69, 9.17) is 9.47 Å². The van der Waals surface area contributed by atoms with Gasteiger partial charge in [-0.1, -0.05) is 0 Å². The second kappa shape index (κ2) is 6.44. The van der Waals surface area contributed by atoms with Crippen LogP contribution in [0.3, 0.4) is 0 Å². The summed E-state index contributed by atoms with van der Waals surface area (Å²) in [6.45, 7) is 5.32. The number of pyridine rings is 1. The van der Waals surface area contributed by atoms with Crippen molar-refractivity contribution in [2.45, 2.75) is 26.4 Å². The predicted molar refractivity (Wildman–Crippen MR) is 83.6 cm³/mol. The van der Waals surface area contributed by atoms with Gasteiger partial charge in [0.05, 0.1) is 0 Å². The fraction of sp³-hybridized carbons (Fsp3) is 0.250. The first-order chi connectivity index (χ1) is 10.2. The van der Waals surface area contributed by atoms with Crippen molar-refractivity contribution in [3.63, 3.8) is 0 Å². The van der Waals surface area contributed by atoms with Crippen LogP contribution >= 0.6 is 15.9 Å². The number of esters is 1. The Labute approximate surface area is 136 Å². The molecule has 0 amide bonds. The van der Waals surface area contributed by atoms with E-state index in [-0.39, 0.29) is 17.3 Å². The molecule has 0 fully saturated rings. The molecular weight excluding hydrogens is 353 g/mol. The van der Waals surface area contributed by atoms with E-state index < -0.39 is 11.6 Å². The lowest BCUT2D eigenvalue weighted by atomic mass is 10.2. The Morgan fingerprint density at radius 3 is 2.45 bits per heavy atom. The molecule has 0 N–H and O–H groups in total. The van der Waals surface area contributed by atoms with Crippen LogP contribution in [0.15, 0.2) is 41.0 Å². The zero-order chi connectivity index (χ0) is 16.3. The number of carbonyl (C=O) groups excluding carboxylic acids is 1. The number of carbonyl (C=O) groups is 1. The number of ether oxygens (including phenoxy) is 2. The minimum atomic E-state index is -0.632. The topological polar surface area (TPSA) is 48.4 Å². The SMILES string of the molecule is CC(C)(C)OC(=O)c1cc(Br)cnc1Oc1ccc(F)cc1. The first-order valence-electron chi connectivity index (χ1n) is 6.57. The summed E-state index contributed by atoms with van der Waals surface area (Å²) in [5, 5.41) is 0. The van der Waals surface area contributed by atoms with Gasteiger partial charge < -0.3 is 9.47 Å². The number of hydrogen-bond donors (Lipinski definition) is 0. The minimum Gasteiger partial charge on any atom is -0.456 e. The van der Waals surface area contributed by atoms with Crippen LogP contribution in [0.1, 0.15) is 31.1 Å². The lowest BCUT2D eigenvalue weighted by Crippen LogP contribution is -2.24. The van der Waals surface area contributed by atoms with Gasteiger partial charge in [-0.25, -0.2) is 14.2 Å². The van der Waals surface area contributed by atoms with Gasteiger partial charge >= 0.3 is 5.97 Å². The highest BCUT2D eigenvalue weighted by Crippen LogP contribution is 2.27. The van der Waals surface area contributed by atoms with E-state index in [0.717, 1.165) is 0 Å². The molecule has 1 aromatic carbocycles. The molecule has 0 spiro atoms. The van der Waals surface area contributed by atoms with E-state index in [1.54, 1.807) is 26.8 Å². The largest absolute Gasteiger partial charge is 0.456 e. The first kappa shape index (κ1) is 16.4. The number of benzene rings is 1. The van der Waals surface area contributed by atoms with Crippen LogP contribution in [0, 0.1) is 5.82 Å². The molecule has 0 radical (unpaired) electrons. The monoisotopic (exact) mass is 367 g/mol. The Bertz CT molecular complexity index is 681. The second-order valence-corrected chi connectivity index (χ2v) is 6.48. The molecular formula is C16H15BrFNO3. The van der Waals surface area contributed by atoms with Crippen molar-refractivity contribution >= 4 is 21.9 Å². The summed E-state index contributed by atoms with van der Waals surface area (Å²) < 4.78 is 24.4. The highest BCUT2D eigenvalue weighted by Gasteiger charge is 2.22.